The van der Waals surface area contributed by atoms with Gasteiger partial charge in [0.15, 0.2) is 0 Å². The van der Waals surface area contributed by atoms with E-state index in [0.29, 0.717) is 6.04 Å². The molecule has 0 spiro atoms. The maximum atomic E-state index is 4.47. The van der Waals surface area contributed by atoms with Crippen LogP contribution in [0.15, 0.2) is 36.9 Å². The van der Waals surface area contributed by atoms with E-state index in [1.807, 2.05) is 18.5 Å². The number of hydrogen-bond acceptors (Lipinski definition) is 3. The van der Waals surface area contributed by atoms with Crippen LogP contribution >= 0.6 is 0 Å². The van der Waals surface area contributed by atoms with Crippen LogP contribution in [0.3, 0.4) is 0 Å². The molecule has 4 heteroatoms. The number of aromatic nitrogens is 3. The summed E-state index contributed by atoms with van der Waals surface area (Å²) in [4.78, 5) is 6.48. The minimum atomic E-state index is 0.519. The number of rotatable bonds is 2. The first-order valence-electron chi connectivity index (χ1n) is 5.96. The molecule has 1 fully saturated rings. The highest BCUT2D eigenvalue weighted by atomic mass is 15.3. The molecule has 0 aromatic carbocycles. The zero-order valence-corrected chi connectivity index (χ0v) is 9.95. The van der Waals surface area contributed by atoms with Crippen molar-refractivity contribution in [3.05, 3.63) is 36.9 Å². The second kappa shape index (κ2) is 4.30. The zero-order chi connectivity index (χ0) is 11.7. The molecule has 88 valence electrons. The lowest BCUT2D eigenvalue weighted by Crippen LogP contribution is -2.16. The van der Waals surface area contributed by atoms with E-state index in [1.165, 1.54) is 6.42 Å². The van der Waals surface area contributed by atoms with E-state index in [-0.39, 0.29) is 0 Å². The maximum Gasteiger partial charge on any atom is 0.0658 e. The van der Waals surface area contributed by atoms with Crippen molar-refractivity contribution in [2.75, 3.05) is 20.1 Å². The van der Waals surface area contributed by atoms with Crippen LogP contribution in [0.25, 0.3) is 11.1 Å². The van der Waals surface area contributed by atoms with Gasteiger partial charge in [-0.2, -0.15) is 5.10 Å². The second-order valence-corrected chi connectivity index (χ2v) is 4.66. The first kappa shape index (κ1) is 10.5. The van der Waals surface area contributed by atoms with Crippen LogP contribution in [0.4, 0.5) is 0 Å². The van der Waals surface area contributed by atoms with Gasteiger partial charge in [0.2, 0.25) is 0 Å². The van der Waals surface area contributed by atoms with Gasteiger partial charge in [0, 0.05) is 36.3 Å². The quantitative estimate of drug-likeness (QED) is 0.786. The molecule has 0 radical (unpaired) electrons. The van der Waals surface area contributed by atoms with E-state index in [9.17, 15) is 0 Å². The molecule has 2 aromatic heterocycles. The summed E-state index contributed by atoms with van der Waals surface area (Å²) in [6, 6.07) is 4.54. The van der Waals surface area contributed by atoms with E-state index < -0.39 is 0 Å². The third kappa shape index (κ3) is 2.08. The molecule has 1 saturated heterocycles. The fourth-order valence-electron chi connectivity index (χ4n) is 2.35. The molecule has 3 heterocycles. The predicted molar refractivity (Wildman–Crippen MR) is 66.6 cm³/mol. The molecule has 0 amide bonds. The average Bonchev–Trinajstić information content (AvgIpc) is 2.98. The van der Waals surface area contributed by atoms with Gasteiger partial charge in [-0.3, -0.25) is 9.67 Å². The summed E-state index contributed by atoms with van der Waals surface area (Å²) in [5.41, 5.74) is 2.28. The van der Waals surface area contributed by atoms with Crippen molar-refractivity contribution in [2.24, 2.45) is 0 Å². The minimum absolute atomic E-state index is 0.519. The van der Waals surface area contributed by atoms with Crippen LogP contribution in [0, 0.1) is 0 Å². The number of likely N-dealkylation sites (N-methyl/N-ethyl adjacent to an activating group) is 1. The van der Waals surface area contributed by atoms with Crippen LogP contribution in [0.1, 0.15) is 12.5 Å². The van der Waals surface area contributed by atoms with Crippen molar-refractivity contribution in [3.8, 4) is 11.1 Å². The molecular formula is C13H16N4. The number of likely N-dealkylation sites (tertiary alicyclic amines) is 1. The summed E-state index contributed by atoms with van der Waals surface area (Å²) in [7, 11) is 2.16. The molecule has 0 unspecified atom stereocenters. The summed E-state index contributed by atoms with van der Waals surface area (Å²) < 4.78 is 2.09. The molecule has 1 atom stereocenters. The molecule has 2 aromatic rings. The van der Waals surface area contributed by atoms with Crippen molar-refractivity contribution in [2.45, 2.75) is 12.5 Å². The topological polar surface area (TPSA) is 34.0 Å². The molecule has 17 heavy (non-hydrogen) atoms. The lowest BCUT2D eigenvalue weighted by atomic mass is 10.2. The van der Waals surface area contributed by atoms with Gasteiger partial charge in [-0.25, -0.2) is 0 Å². The van der Waals surface area contributed by atoms with Gasteiger partial charge in [0.25, 0.3) is 0 Å². The summed E-state index contributed by atoms with van der Waals surface area (Å²) >= 11 is 0. The Bertz CT molecular complexity index is 491. The van der Waals surface area contributed by atoms with Crippen LogP contribution in [0.2, 0.25) is 0 Å². The second-order valence-electron chi connectivity index (χ2n) is 4.66. The highest BCUT2D eigenvalue weighted by molar-refractivity contribution is 5.60. The first-order valence-corrected chi connectivity index (χ1v) is 5.96. The Morgan fingerprint density at radius 1 is 1.29 bits per heavy atom. The SMILES string of the molecule is CN1CC[C@H](n2cc(-c3cccnc3)cn2)C1. The Hall–Kier alpha value is -1.68. The molecule has 4 nitrogen and oxygen atoms in total. The van der Waals surface area contributed by atoms with Crippen molar-refractivity contribution >= 4 is 0 Å². The van der Waals surface area contributed by atoms with Crippen LogP contribution in [-0.4, -0.2) is 39.8 Å². The molecule has 3 rings (SSSR count). The van der Waals surface area contributed by atoms with Crippen LogP contribution in [-0.2, 0) is 0 Å². The Morgan fingerprint density at radius 2 is 2.24 bits per heavy atom. The molecule has 1 aliphatic rings. The van der Waals surface area contributed by atoms with E-state index in [0.717, 1.165) is 24.2 Å². The van der Waals surface area contributed by atoms with Crippen molar-refractivity contribution in [3.63, 3.8) is 0 Å². The molecule has 0 bridgehead atoms. The standard InChI is InChI=1S/C13H16N4/c1-16-6-4-13(10-16)17-9-12(8-15-17)11-3-2-5-14-7-11/h2-3,5,7-9,13H,4,6,10H2,1H3/t13-/m0/s1. The fourth-order valence-corrected chi connectivity index (χ4v) is 2.35. The summed E-state index contributed by atoms with van der Waals surface area (Å²) in [6.07, 6.45) is 8.91. The molecular weight excluding hydrogens is 212 g/mol. The average molecular weight is 228 g/mol. The van der Waals surface area contributed by atoms with Gasteiger partial charge in [0.05, 0.1) is 12.2 Å². The van der Waals surface area contributed by atoms with Crippen molar-refractivity contribution < 1.29 is 0 Å². The molecule has 1 aliphatic heterocycles. The van der Waals surface area contributed by atoms with Crippen molar-refractivity contribution in [1.82, 2.24) is 19.7 Å². The van der Waals surface area contributed by atoms with Gasteiger partial charge in [-0.1, -0.05) is 6.07 Å². The first-order chi connectivity index (χ1) is 8.33. The summed E-state index contributed by atoms with van der Waals surface area (Å²) in [6.45, 7) is 2.25. The smallest absolute Gasteiger partial charge is 0.0658 e. The third-order valence-corrected chi connectivity index (χ3v) is 3.34. The monoisotopic (exact) mass is 228 g/mol. The van der Waals surface area contributed by atoms with E-state index in [2.05, 4.69) is 39.0 Å². The highest BCUT2D eigenvalue weighted by Gasteiger charge is 2.21. The molecule has 0 N–H and O–H groups in total. The highest BCUT2D eigenvalue weighted by Crippen LogP contribution is 2.23. The maximum absolute atomic E-state index is 4.47. The third-order valence-electron chi connectivity index (χ3n) is 3.34. The lowest BCUT2D eigenvalue weighted by Gasteiger charge is -2.10. The molecule has 0 saturated carbocycles. The summed E-state index contributed by atoms with van der Waals surface area (Å²) in [5.74, 6) is 0. The Morgan fingerprint density at radius 3 is 2.94 bits per heavy atom. The zero-order valence-electron chi connectivity index (χ0n) is 9.95. The Labute approximate surface area is 101 Å². The Balaban J connectivity index is 1.84. The molecule has 0 aliphatic carbocycles. The predicted octanol–water partition coefficient (Wildman–Crippen LogP) is 1.82. The lowest BCUT2D eigenvalue weighted by molar-refractivity contribution is 0.382. The van der Waals surface area contributed by atoms with E-state index in [1.54, 1.807) is 6.20 Å². The minimum Gasteiger partial charge on any atom is -0.304 e. The summed E-state index contributed by atoms with van der Waals surface area (Å²) in [5, 5.41) is 4.47. The number of nitrogens with zero attached hydrogens (tertiary/aromatic N) is 4. The Kier molecular flexibility index (Phi) is 2.65. The van der Waals surface area contributed by atoms with Crippen LogP contribution < -0.4 is 0 Å². The fraction of sp³-hybridized carbons (Fsp3) is 0.385. The van der Waals surface area contributed by atoms with Gasteiger partial charge >= 0.3 is 0 Å². The number of pyridine rings is 1. The largest absolute Gasteiger partial charge is 0.304 e. The van der Waals surface area contributed by atoms with Crippen LogP contribution in [0.5, 0.6) is 0 Å². The van der Waals surface area contributed by atoms with Gasteiger partial charge in [-0.05, 0) is 26.1 Å². The van der Waals surface area contributed by atoms with Gasteiger partial charge in [-0.15, -0.1) is 0 Å². The normalized spacial score (nSPS) is 20.9. The van der Waals surface area contributed by atoms with Gasteiger partial charge < -0.3 is 4.90 Å². The van der Waals surface area contributed by atoms with Crippen molar-refractivity contribution in [1.29, 1.82) is 0 Å². The van der Waals surface area contributed by atoms with E-state index >= 15 is 0 Å². The van der Waals surface area contributed by atoms with E-state index in [4.69, 9.17) is 0 Å². The van der Waals surface area contributed by atoms with Gasteiger partial charge in [0.1, 0.15) is 0 Å². The number of hydrogen-bond donors (Lipinski definition) is 0.